The molecule has 2 N–H and O–H groups in total. The quantitative estimate of drug-likeness (QED) is 0.900. The predicted octanol–water partition coefficient (Wildman–Crippen LogP) is 3.48. The lowest BCUT2D eigenvalue weighted by atomic mass is 10.0. The summed E-state index contributed by atoms with van der Waals surface area (Å²) in [5, 5.41) is 9.99. The molecule has 0 aliphatic carbocycles. The van der Waals surface area contributed by atoms with Crippen molar-refractivity contribution in [3.05, 3.63) is 46.3 Å². The van der Waals surface area contributed by atoms with Crippen molar-refractivity contribution < 1.29 is 14.1 Å². The first-order chi connectivity index (χ1) is 11.5. The van der Waals surface area contributed by atoms with Crippen LogP contribution in [0.25, 0.3) is 0 Å². The maximum absolute atomic E-state index is 12.5. The third-order valence-corrected chi connectivity index (χ3v) is 4.40. The molecule has 0 saturated carbocycles. The van der Waals surface area contributed by atoms with Crippen LogP contribution < -0.4 is 15.4 Å². The van der Waals surface area contributed by atoms with Crippen LogP contribution >= 0.6 is 0 Å². The van der Waals surface area contributed by atoms with E-state index in [1.807, 2.05) is 39.8 Å². The van der Waals surface area contributed by atoms with Crippen molar-refractivity contribution in [2.45, 2.75) is 46.2 Å². The van der Waals surface area contributed by atoms with Gasteiger partial charge in [0.05, 0.1) is 17.8 Å². The van der Waals surface area contributed by atoms with Crippen LogP contribution in [0, 0.1) is 20.8 Å². The van der Waals surface area contributed by atoms with Crippen molar-refractivity contribution in [1.29, 1.82) is 0 Å². The Hall–Kier alpha value is -2.50. The molecule has 2 atom stereocenters. The summed E-state index contributed by atoms with van der Waals surface area (Å²) in [5.74, 6) is 1.58. The van der Waals surface area contributed by atoms with E-state index in [0.717, 1.165) is 40.3 Å². The molecule has 24 heavy (non-hydrogen) atoms. The number of amides is 2. The highest BCUT2D eigenvalue weighted by Crippen LogP contribution is 2.33. The predicted molar refractivity (Wildman–Crippen MR) is 90.1 cm³/mol. The largest absolute Gasteiger partial charge is 0.491 e. The molecule has 0 radical (unpaired) electrons. The number of hydrogen-bond acceptors (Lipinski definition) is 4. The Morgan fingerprint density at radius 2 is 2.17 bits per heavy atom. The monoisotopic (exact) mass is 329 g/mol. The number of nitrogens with zero attached hydrogens (tertiary/aromatic N) is 1. The number of carbonyl (C=O) groups excluding carboxylic acids is 1. The van der Waals surface area contributed by atoms with E-state index in [2.05, 4.69) is 21.9 Å². The Bertz CT molecular complexity index is 734. The average molecular weight is 329 g/mol. The van der Waals surface area contributed by atoms with Crippen LogP contribution in [0.3, 0.4) is 0 Å². The molecule has 2 heterocycles. The second-order valence-electron chi connectivity index (χ2n) is 6.22. The van der Waals surface area contributed by atoms with Gasteiger partial charge >= 0.3 is 6.03 Å². The minimum absolute atomic E-state index is 0.129. The first-order valence-electron chi connectivity index (χ1n) is 8.22. The average Bonchev–Trinajstić information content (AvgIpc) is 3.09. The lowest BCUT2D eigenvalue weighted by molar-refractivity contribution is 0.228. The van der Waals surface area contributed by atoms with Gasteiger partial charge in [-0.25, -0.2) is 4.79 Å². The van der Waals surface area contributed by atoms with Crippen LogP contribution in [-0.2, 0) is 0 Å². The van der Waals surface area contributed by atoms with Crippen molar-refractivity contribution in [3.8, 4) is 5.75 Å². The number of nitrogens with one attached hydrogen (secondary N) is 2. The van der Waals surface area contributed by atoms with Crippen molar-refractivity contribution in [1.82, 2.24) is 15.8 Å². The molecular weight excluding hydrogens is 306 g/mol. The number of urea groups is 1. The molecule has 2 amide bonds. The van der Waals surface area contributed by atoms with Gasteiger partial charge in [-0.1, -0.05) is 29.8 Å². The molecule has 1 aliphatic rings. The van der Waals surface area contributed by atoms with Gasteiger partial charge < -0.3 is 19.9 Å². The molecule has 2 aromatic rings. The van der Waals surface area contributed by atoms with Gasteiger partial charge in [-0.3, -0.25) is 0 Å². The summed E-state index contributed by atoms with van der Waals surface area (Å²) < 4.78 is 10.9. The van der Waals surface area contributed by atoms with Gasteiger partial charge in [-0.05, 0) is 33.3 Å². The summed E-state index contributed by atoms with van der Waals surface area (Å²) >= 11 is 0. The Labute approximate surface area is 141 Å². The van der Waals surface area contributed by atoms with E-state index in [1.54, 1.807) is 0 Å². The van der Waals surface area contributed by atoms with Gasteiger partial charge in [0.15, 0.2) is 0 Å². The molecule has 0 unspecified atom stereocenters. The summed E-state index contributed by atoms with van der Waals surface area (Å²) in [6.07, 6.45) is 0.757. The van der Waals surface area contributed by atoms with E-state index in [4.69, 9.17) is 9.26 Å². The lowest BCUT2D eigenvalue weighted by Gasteiger charge is -2.19. The van der Waals surface area contributed by atoms with E-state index >= 15 is 0 Å². The molecule has 1 aromatic carbocycles. The fourth-order valence-electron chi connectivity index (χ4n) is 3.18. The van der Waals surface area contributed by atoms with Gasteiger partial charge in [0, 0.05) is 11.1 Å². The minimum Gasteiger partial charge on any atom is -0.491 e. The van der Waals surface area contributed by atoms with Crippen molar-refractivity contribution in [2.75, 3.05) is 6.61 Å². The second kappa shape index (κ2) is 6.55. The van der Waals surface area contributed by atoms with Crippen LogP contribution in [-0.4, -0.2) is 17.8 Å². The van der Waals surface area contributed by atoms with Gasteiger partial charge in [0.2, 0.25) is 0 Å². The zero-order valence-electron chi connectivity index (χ0n) is 14.5. The van der Waals surface area contributed by atoms with E-state index in [9.17, 15) is 4.79 Å². The van der Waals surface area contributed by atoms with Crippen LogP contribution in [0.15, 0.2) is 22.7 Å². The summed E-state index contributed by atoms with van der Waals surface area (Å²) in [6, 6.07) is 5.52. The molecule has 0 saturated heterocycles. The first kappa shape index (κ1) is 16.4. The van der Waals surface area contributed by atoms with E-state index in [-0.39, 0.29) is 18.1 Å². The highest BCUT2D eigenvalue weighted by Gasteiger charge is 2.27. The topological polar surface area (TPSA) is 76.4 Å². The number of aromatic nitrogens is 1. The Kier molecular flexibility index (Phi) is 4.46. The molecule has 1 aromatic heterocycles. The number of aryl methyl sites for hydroxylation is 3. The molecular formula is C18H23N3O3. The number of fused-ring (bicyclic) bond motifs is 1. The smallest absolute Gasteiger partial charge is 0.315 e. The summed E-state index contributed by atoms with van der Waals surface area (Å²) in [4.78, 5) is 12.5. The highest BCUT2D eigenvalue weighted by atomic mass is 16.5. The summed E-state index contributed by atoms with van der Waals surface area (Å²) in [6.45, 7) is 8.25. The van der Waals surface area contributed by atoms with Crippen LogP contribution in [0.4, 0.5) is 4.79 Å². The van der Waals surface area contributed by atoms with E-state index in [1.165, 1.54) is 0 Å². The first-order valence-corrected chi connectivity index (χ1v) is 8.22. The van der Waals surface area contributed by atoms with Gasteiger partial charge in [0.25, 0.3) is 0 Å². The molecule has 0 spiro atoms. The third kappa shape index (κ3) is 3.09. The van der Waals surface area contributed by atoms with Gasteiger partial charge in [-0.2, -0.15) is 0 Å². The molecule has 6 heteroatoms. The maximum atomic E-state index is 12.5. The number of benzene rings is 1. The Balaban J connectivity index is 1.69. The molecule has 1 aliphatic heterocycles. The van der Waals surface area contributed by atoms with Gasteiger partial charge in [0.1, 0.15) is 18.1 Å². The zero-order chi connectivity index (χ0) is 17.3. The normalized spacial score (nSPS) is 17.1. The molecule has 0 bridgehead atoms. The molecule has 6 nitrogen and oxygen atoms in total. The fourth-order valence-corrected chi connectivity index (χ4v) is 3.18. The lowest BCUT2D eigenvalue weighted by Crippen LogP contribution is -2.40. The molecule has 0 fully saturated rings. The fraction of sp³-hybridized carbons (Fsp3) is 0.444. The number of hydrogen-bond donors (Lipinski definition) is 2. The van der Waals surface area contributed by atoms with Crippen molar-refractivity contribution in [3.63, 3.8) is 0 Å². The van der Waals surface area contributed by atoms with Crippen molar-refractivity contribution in [2.24, 2.45) is 0 Å². The Morgan fingerprint density at radius 1 is 1.38 bits per heavy atom. The number of ether oxygens (including phenoxy) is 1. The van der Waals surface area contributed by atoms with E-state index in [0.29, 0.717) is 6.61 Å². The number of carbonyl (C=O) groups is 1. The standard InChI is InChI=1S/C18H23N3O3/c1-5-14(17-11(3)21-24-12(17)4)19-18(22)20-15-9-23-16-7-6-10(2)8-13(15)16/h6-8,14-15H,5,9H2,1-4H3,(H2,19,20,22)/t14-,15+/m0/s1. The van der Waals surface area contributed by atoms with Crippen molar-refractivity contribution >= 4 is 6.03 Å². The zero-order valence-corrected chi connectivity index (χ0v) is 14.5. The van der Waals surface area contributed by atoms with Crippen LogP contribution in [0.2, 0.25) is 0 Å². The minimum atomic E-state index is -0.218. The number of rotatable bonds is 4. The Morgan fingerprint density at radius 3 is 2.83 bits per heavy atom. The van der Waals surface area contributed by atoms with Crippen LogP contribution in [0.5, 0.6) is 5.75 Å². The molecule has 3 rings (SSSR count). The third-order valence-electron chi connectivity index (χ3n) is 4.40. The maximum Gasteiger partial charge on any atom is 0.315 e. The van der Waals surface area contributed by atoms with E-state index < -0.39 is 0 Å². The van der Waals surface area contributed by atoms with Crippen LogP contribution in [0.1, 0.15) is 53.6 Å². The molecule has 128 valence electrons. The SMILES string of the molecule is CC[C@H](NC(=O)N[C@@H]1COc2ccc(C)cc21)c1c(C)noc1C. The van der Waals surface area contributed by atoms with Gasteiger partial charge in [-0.15, -0.1) is 0 Å². The second-order valence-corrected chi connectivity index (χ2v) is 6.22. The summed E-state index contributed by atoms with van der Waals surface area (Å²) in [5.41, 5.74) is 3.93. The summed E-state index contributed by atoms with van der Waals surface area (Å²) in [7, 11) is 0. The highest BCUT2D eigenvalue weighted by molar-refractivity contribution is 5.75.